The molecule has 0 aliphatic heterocycles. The van der Waals surface area contributed by atoms with E-state index in [1.54, 1.807) is 67.1 Å². The standard InChI is InChI=1S/C31H26N4O4/c1-34(20-24-6-2-5-23-18-33-15-13-27(23)24)30(38)22-7-9-25(10-8-22)35(19-21-4-3-14-32-17-21)31(39)28-12-11-26(36)16-29(28)37/h2-18,36-37H,19-20H2,1H3. The lowest BCUT2D eigenvalue weighted by molar-refractivity contribution is 0.0785. The average Bonchev–Trinajstić information content (AvgIpc) is 2.96. The molecule has 2 heterocycles. The highest BCUT2D eigenvalue weighted by molar-refractivity contribution is 6.08. The summed E-state index contributed by atoms with van der Waals surface area (Å²) in [6.45, 7) is 0.615. The fourth-order valence-electron chi connectivity index (χ4n) is 4.46. The molecule has 8 nitrogen and oxygen atoms in total. The Morgan fingerprint density at radius 3 is 2.33 bits per heavy atom. The zero-order chi connectivity index (χ0) is 27.4. The number of hydrogen-bond donors (Lipinski definition) is 2. The van der Waals surface area contributed by atoms with Crippen molar-refractivity contribution >= 4 is 28.3 Å². The van der Waals surface area contributed by atoms with Crippen molar-refractivity contribution in [1.82, 2.24) is 14.9 Å². The number of amides is 2. The summed E-state index contributed by atoms with van der Waals surface area (Å²) in [5.74, 6) is -1.09. The first kappa shape index (κ1) is 25.4. The van der Waals surface area contributed by atoms with E-state index in [0.29, 0.717) is 17.8 Å². The first-order valence-corrected chi connectivity index (χ1v) is 12.3. The Kier molecular flexibility index (Phi) is 7.18. The molecule has 5 rings (SSSR count). The number of rotatable bonds is 7. The predicted octanol–water partition coefficient (Wildman–Crippen LogP) is 5.16. The van der Waals surface area contributed by atoms with E-state index in [9.17, 15) is 19.8 Å². The number of phenols is 2. The molecule has 2 N–H and O–H groups in total. The van der Waals surface area contributed by atoms with Crippen LogP contribution in [-0.4, -0.2) is 43.9 Å². The highest BCUT2D eigenvalue weighted by atomic mass is 16.3. The van der Waals surface area contributed by atoms with Crippen LogP contribution in [0.25, 0.3) is 10.8 Å². The van der Waals surface area contributed by atoms with Crippen molar-refractivity contribution in [2.45, 2.75) is 13.1 Å². The van der Waals surface area contributed by atoms with Crippen LogP contribution in [0.15, 0.2) is 104 Å². The van der Waals surface area contributed by atoms with Crippen molar-refractivity contribution in [3.8, 4) is 11.5 Å². The Morgan fingerprint density at radius 2 is 1.59 bits per heavy atom. The molecule has 194 valence electrons. The van der Waals surface area contributed by atoms with E-state index in [-0.39, 0.29) is 29.5 Å². The second kappa shape index (κ2) is 11.0. The molecule has 0 aliphatic carbocycles. The van der Waals surface area contributed by atoms with Crippen molar-refractivity contribution in [3.63, 3.8) is 0 Å². The van der Waals surface area contributed by atoms with Crippen molar-refractivity contribution < 1.29 is 19.8 Å². The zero-order valence-corrected chi connectivity index (χ0v) is 21.2. The van der Waals surface area contributed by atoms with Gasteiger partial charge in [-0.2, -0.15) is 0 Å². The van der Waals surface area contributed by atoms with Gasteiger partial charge < -0.3 is 20.0 Å². The number of pyridine rings is 2. The molecule has 39 heavy (non-hydrogen) atoms. The first-order valence-electron chi connectivity index (χ1n) is 12.3. The maximum atomic E-state index is 13.5. The van der Waals surface area contributed by atoms with Crippen molar-refractivity contribution in [2.75, 3.05) is 11.9 Å². The minimum Gasteiger partial charge on any atom is -0.508 e. The van der Waals surface area contributed by atoms with Gasteiger partial charge in [-0.05, 0) is 65.0 Å². The molecule has 2 amide bonds. The Morgan fingerprint density at radius 1 is 0.795 bits per heavy atom. The highest BCUT2D eigenvalue weighted by Gasteiger charge is 2.22. The van der Waals surface area contributed by atoms with Gasteiger partial charge in [0.2, 0.25) is 0 Å². The molecule has 0 fully saturated rings. The minimum absolute atomic E-state index is 0.0434. The fraction of sp³-hybridized carbons (Fsp3) is 0.0968. The molecule has 5 aromatic rings. The number of carbonyl (C=O) groups is 2. The van der Waals surface area contributed by atoms with Gasteiger partial charge in [-0.25, -0.2) is 0 Å². The third kappa shape index (κ3) is 5.55. The summed E-state index contributed by atoms with van der Waals surface area (Å²) in [7, 11) is 1.75. The van der Waals surface area contributed by atoms with E-state index >= 15 is 0 Å². The second-order valence-corrected chi connectivity index (χ2v) is 9.18. The minimum atomic E-state index is -0.460. The molecule has 2 aromatic heterocycles. The molecule has 3 aromatic carbocycles. The Bertz CT molecular complexity index is 1630. The van der Waals surface area contributed by atoms with Gasteiger partial charge in [0.1, 0.15) is 11.5 Å². The number of anilines is 1. The van der Waals surface area contributed by atoms with Gasteiger partial charge in [-0.3, -0.25) is 19.6 Å². The monoisotopic (exact) mass is 518 g/mol. The van der Waals surface area contributed by atoms with Crippen molar-refractivity contribution in [3.05, 3.63) is 126 Å². The van der Waals surface area contributed by atoms with E-state index in [0.717, 1.165) is 28.0 Å². The summed E-state index contributed by atoms with van der Waals surface area (Å²) >= 11 is 0. The van der Waals surface area contributed by atoms with Crippen molar-refractivity contribution in [1.29, 1.82) is 0 Å². The zero-order valence-electron chi connectivity index (χ0n) is 21.2. The van der Waals surface area contributed by atoms with E-state index in [1.165, 1.54) is 17.0 Å². The van der Waals surface area contributed by atoms with Crippen LogP contribution in [0.4, 0.5) is 5.69 Å². The van der Waals surface area contributed by atoms with Crippen LogP contribution in [0, 0.1) is 0 Å². The Hall–Kier alpha value is -5.24. The lowest BCUT2D eigenvalue weighted by Crippen LogP contribution is -2.31. The molecule has 0 saturated heterocycles. The molecule has 0 atom stereocenters. The van der Waals surface area contributed by atoms with Crippen LogP contribution in [0.5, 0.6) is 11.5 Å². The van der Waals surface area contributed by atoms with Crippen LogP contribution >= 0.6 is 0 Å². The summed E-state index contributed by atoms with van der Waals surface area (Å²) in [6.07, 6.45) is 6.85. The normalized spacial score (nSPS) is 10.8. The van der Waals surface area contributed by atoms with Crippen LogP contribution < -0.4 is 4.90 Å². The highest BCUT2D eigenvalue weighted by Crippen LogP contribution is 2.28. The number of fused-ring (bicyclic) bond motifs is 1. The van der Waals surface area contributed by atoms with Gasteiger partial charge >= 0.3 is 0 Å². The summed E-state index contributed by atoms with van der Waals surface area (Å²) < 4.78 is 0. The third-order valence-electron chi connectivity index (χ3n) is 6.47. The number of aromatic nitrogens is 2. The maximum Gasteiger partial charge on any atom is 0.262 e. The van der Waals surface area contributed by atoms with Gasteiger partial charge in [-0.15, -0.1) is 0 Å². The number of benzene rings is 3. The molecule has 0 saturated carbocycles. The van der Waals surface area contributed by atoms with Crippen LogP contribution in [0.1, 0.15) is 31.8 Å². The van der Waals surface area contributed by atoms with Gasteiger partial charge in [0.05, 0.1) is 12.1 Å². The summed E-state index contributed by atoms with van der Waals surface area (Å²) in [5, 5.41) is 22.0. The van der Waals surface area contributed by atoms with E-state index < -0.39 is 5.91 Å². The number of hydrogen-bond acceptors (Lipinski definition) is 6. The molecule has 0 bridgehead atoms. The average molecular weight is 519 g/mol. The summed E-state index contributed by atoms with van der Waals surface area (Å²) in [6, 6.07) is 22.1. The quantitative estimate of drug-likeness (QED) is 0.308. The Balaban J connectivity index is 1.40. The SMILES string of the molecule is CN(Cc1cccc2cnccc12)C(=O)c1ccc(N(Cc2cccnc2)C(=O)c2ccc(O)cc2O)cc1. The lowest BCUT2D eigenvalue weighted by Gasteiger charge is -2.24. The fourth-order valence-corrected chi connectivity index (χ4v) is 4.46. The molecule has 8 heteroatoms. The number of phenolic OH excluding ortho intramolecular Hbond substituents is 2. The molecule has 0 radical (unpaired) electrons. The molecule has 0 unspecified atom stereocenters. The predicted molar refractivity (Wildman–Crippen MR) is 149 cm³/mol. The van der Waals surface area contributed by atoms with Gasteiger partial charge in [0.25, 0.3) is 11.8 Å². The van der Waals surface area contributed by atoms with Crippen LogP contribution in [-0.2, 0) is 13.1 Å². The number of aromatic hydroxyl groups is 2. The molecule has 0 aliphatic rings. The van der Waals surface area contributed by atoms with E-state index in [2.05, 4.69) is 9.97 Å². The molecule has 0 spiro atoms. The lowest BCUT2D eigenvalue weighted by atomic mass is 10.1. The van der Waals surface area contributed by atoms with E-state index in [4.69, 9.17) is 0 Å². The molecular formula is C31H26N4O4. The number of nitrogens with zero attached hydrogens (tertiary/aromatic N) is 4. The maximum absolute atomic E-state index is 13.5. The largest absolute Gasteiger partial charge is 0.508 e. The van der Waals surface area contributed by atoms with Crippen LogP contribution in [0.3, 0.4) is 0 Å². The Labute approximate surface area is 225 Å². The summed E-state index contributed by atoms with van der Waals surface area (Å²) in [5.41, 5.74) is 2.86. The smallest absolute Gasteiger partial charge is 0.262 e. The van der Waals surface area contributed by atoms with Crippen LogP contribution in [0.2, 0.25) is 0 Å². The van der Waals surface area contributed by atoms with Crippen molar-refractivity contribution in [2.24, 2.45) is 0 Å². The van der Waals surface area contributed by atoms with E-state index in [1.807, 2.05) is 30.3 Å². The number of carbonyl (C=O) groups excluding carboxylic acids is 2. The summed E-state index contributed by atoms with van der Waals surface area (Å²) in [4.78, 5) is 38.2. The third-order valence-corrected chi connectivity index (χ3v) is 6.47. The first-order chi connectivity index (χ1) is 18.9. The second-order valence-electron chi connectivity index (χ2n) is 9.18. The van der Waals surface area contributed by atoms with Gasteiger partial charge in [0.15, 0.2) is 0 Å². The topological polar surface area (TPSA) is 107 Å². The molecular weight excluding hydrogens is 492 g/mol. The van der Waals surface area contributed by atoms with Gasteiger partial charge in [-0.1, -0.05) is 24.3 Å². The van der Waals surface area contributed by atoms with Gasteiger partial charge in [0, 0.05) is 61.1 Å².